The van der Waals surface area contributed by atoms with Crippen LogP contribution in [0.2, 0.25) is 5.02 Å². The summed E-state index contributed by atoms with van der Waals surface area (Å²) in [6.45, 7) is 5.79. The summed E-state index contributed by atoms with van der Waals surface area (Å²) >= 11 is 7.35. The molecule has 5 heteroatoms. The van der Waals surface area contributed by atoms with Gasteiger partial charge in [-0.25, -0.2) is 4.79 Å². The molecule has 3 nitrogen and oxygen atoms in total. The monoisotopic (exact) mass is 271 g/mol. The summed E-state index contributed by atoms with van der Waals surface area (Å²) in [5, 5.41) is 0.511. The van der Waals surface area contributed by atoms with Crippen LogP contribution in [-0.2, 0) is 9.53 Å². The van der Waals surface area contributed by atoms with Gasteiger partial charge in [0, 0.05) is 16.2 Å². The molecule has 0 radical (unpaired) electrons. The van der Waals surface area contributed by atoms with Crippen LogP contribution in [0.15, 0.2) is 35.2 Å². The lowest BCUT2D eigenvalue weighted by molar-refractivity contribution is -0.138. The highest BCUT2D eigenvalue weighted by atomic mass is 35.5. The molecule has 0 amide bonds. The molecular formula is C12H14ClNO2S. The minimum Gasteiger partial charge on any atom is -0.463 e. The maximum atomic E-state index is 11.3. The topological polar surface area (TPSA) is 52.3 Å². The van der Waals surface area contributed by atoms with E-state index in [1.54, 1.807) is 19.1 Å². The van der Waals surface area contributed by atoms with Crippen LogP contribution in [0.4, 0.5) is 5.69 Å². The SMILES string of the molecule is C=C(CSc1ccc(N)c(Cl)c1)C(=O)OCC. The summed E-state index contributed by atoms with van der Waals surface area (Å²) in [7, 11) is 0. The number of rotatable bonds is 5. The third-order valence-electron chi connectivity index (χ3n) is 1.95. The first kappa shape index (κ1) is 13.9. The number of ether oxygens (including phenoxy) is 1. The van der Waals surface area contributed by atoms with Crippen molar-refractivity contribution in [1.82, 2.24) is 0 Å². The third-order valence-corrected chi connectivity index (χ3v) is 3.36. The number of benzene rings is 1. The number of hydrogen-bond acceptors (Lipinski definition) is 4. The number of halogens is 1. The molecule has 0 bridgehead atoms. The summed E-state index contributed by atoms with van der Waals surface area (Å²) in [5.41, 5.74) is 6.58. The van der Waals surface area contributed by atoms with Gasteiger partial charge in [-0.2, -0.15) is 0 Å². The molecule has 0 saturated heterocycles. The molecule has 1 rings (SSSR count). The first-order valence-electron chi connectivity index (χ1n) is 5.07. The zero-order valence-electron chi connectivity index (χ0n) is 9.53. The maximum absolute atomic E-state index is 11.3. The Kier molecular flexibility index (Phi) is 5.38. The predicted octanol–water partition coefficient (Wildman–Crippen LogP) is 3.13. The molecule has 17 heavy (non-hydrogen) atoms. The second kappa shape index (κ2) is 6.57. The summed E-state index contributed by atoms with van der Waals surface area (Å²) in [6, 6.07) is 5.35. The minimum atomic E-state index is -0.360. The van der Waals surface area contributed by atoms with E-state index in [0.29, 0.717) is 28.6 Å². The van der Waals surface area contributed by atoms with E-state index in [1.807, 2.05) is 6.07 Å². The lowest BCUT2D eigenvalue weighted by Gasteiger charge is -2.06. The van der Waals surface area contributed by atoms with Crippen LogP contribution >= 0.6 is 23.4 Å². The van der Waals surface area contributed by atoms with Crippen LogP contribution in [0.3, 0.4) is 0 Å². The van der Waals surface area contributed by atoms with Gasteiger partial charge in [-0.05, 0) is 25.1 Å². The van der Waals surface area contributed by atoms with Crippen molar-refractivity contribution in [2.75, 3.05) is 18.1 Å². The molecule has 0 aliphatic heterocycles. The van der Waals surface area contributed by atoms with Crippen molar-refractivity contribution in [3.05, 3.63) is 35.4 Å². The number of nitrogens with two attached hydrogens (primary N) is 1. The van der Waals surface area contributed by atoms with Gasteiger partial charge in [0.1, 0.15) is 0 Å². The number of thioether (sulfide) groups is 1. The van der Waals surface area contributed by atoms with Crippen LogP contribution < -0.4 is 5.73 Å². The van der Waals surface area contributed by atoms with E-state index in [-0.39, 0.29) is 5.97 Å². The summed E-state index contributed by atoms with van der Waals surface area (Å²) in [4.78, 5) is 12.2. The number of carbonyl (C=O) groups excluding carboxylic acids is 1. The molecule has 1 aromatic rings. The first-order valence-corrected chi connectivity index (χ1v) is 6.43. The summed E-state index contributed by atoms with van der Waals surface area (Å²) in [6.07, 6.45) is 0. The molecule has 92 valence electrons. The molecular weight excluding hydrogens is 258 g/mol. The Labute approximate surface area is 110 Å². The van der Waals surface area contributed by atoms with Gasteiger partial charge < -0.3 is 10.5 Å². The number of hydrogen-bond donors (Lipinski definition) is 1. The highest BCUT2D eigenvalue weighted by Crippen LogP contribution is 2.27. The lowest BCUT2D eigenvalue weighted by atomic mass is 10.3. The van der Waals surface area contributed by atoms with Gasteiger partial charge in [0.25, 0.3) is 0 Å². The molecule has 0 fully saturated rings. The van der Waals surface area contributed by atoms with E-state index in [0.717, 1.165) is 4.90 Å². The quantitative estimate of drug-likeness (QED) is 0.387. The largest absolute Gasteiger partial charge is 0.463 e. The molecule has 0 aliphatic carbocycles. The normalized spacial score (nSPS) is 10.0. The van der Waals surface area contributed by atoms with Crippen molar-refractivity contribution < 1.29 is 9.53 Å². The number of nitrogen functional groups attached to an aromatic ring is 1. The van der Waals surface area contributed by atoms with Crippen molar-refractivity contribution in [1.29, 1.82) is 0 Å². The molecule has 0 heterocycles. The van der Waals surface area contributed by atoms with Gasteiger partial charge in [0.05, 0.1) is 17.3 Å². The molecule has 2 N–H and O–H groups in total. The molecule has 0 unspecified atom stereocenters. The van der Waals surface area contributed by atoms with Crippen molar-refractivity contribution in [3.8, 4) is 0 Å². The molecule has 0 spiro atoms. The van der Waals surface area contributed by atoms with Crippen molar-refractivity contribution in [2.24, 2.45) is 0 Å². The van der Waals surface area contributed by atoms with Crippen molar-refractivity contribution in [2.45, 2.75) is 11.8 Å². The Hall–Kier alpha value is -1.13. The van der Waals surface area contributed by atoms with Gasteiger partial charge in [-0.1, -0.05) is 18.2 Å². The smallest absolute Gasteiger partial charge is 0.334 e. The molecule has 1 aromatic carbocycles. The second-order valence-corrected chi connectivity index (χ2v) is 4.75. The van der Waals surface area contributed by atoms with Crippen LogP contribution in [0.5, 0.6) is 0 Å². The fourth-order valence-corrected chi connectivity index (χ4v) is 2.13. The fourth-order valence-electron chi connectivity index (χ4n) is 1.06. The highest BCUT2D eigenvalue weighted by molar-refractivity contribution is 7.99. The molecule has 0 aromatic heterocycles. The predicted molar refractivity (Wildman–Crippen MR) is 72.4 cm³/mol. The van der Waals surface area contributed by atoms with Gasteiger partial charge in [0.2, 0.25) is 0 Å². The Morgan fingerprint density at radius 2 is 2.29 bits per heavy atom. The van der Waals surface area contributed by atoms with Gasteiger partial charge in [-0.15, -0.1) is 11.8 Å². The fraction of sp³-hybridized carbons (Fsp3) is 0.250. The Morgan fingerprint density at radius 1 is 1.59 bits per heavy atom. The number of esters is 1. The van der Waals surface area contributed by atoms with Crippen LogP contribution in [0, 0.1) is 0 Å². The van der Waals surface area contributed by atoms with Crippen molar-refractivity contribution in [3.63, 3.8) is 0 Å². The van der Waals surface area contributed by atoms with Crippen molar-refractivity contribution >= 4 is 35.0 Å². The minimum absolute atomic E-state index is 0.357. The van der Waals surface area contributed by atoms with E-state index in [4.69, 9.17) is 22.1 Å². The van der Waals surface area contributed by atoms with Crippen LogP contribution in [-0.4, -0.2) is 18.3 Å². The van der Waals surface area contributed by atoms with E-state index < -0.39 is 0 Å². The molecule has 0 saturated carbocycles. The highest BCUT2D eigenvalue weighted by Gasteiger charge is 2.08. The average Bonchev–Trinajstić information content (AvgIpc) is 2.30. The molecule has 0 aliphatic rings. The zero-order chi connectivity index (χ0) is 12.8. The Morgan fingerprint density at radius 3 is 2.88 bits per heavy atom. The number of anilines is 1. The third kappa shape index (κ3) is 4.32. The lowest BCUT2D eigenvalue weighted by Crippen LogP contribution is -2.08. The summed E-state index contributed by atoms with van der Waals surface area (Å²) in [5.74, 6) is 0.112. The number of carbonyl (C=O) groups is 1. The summed E-state index contributed by atoms with van der Waals surface area (Å²) < 4.78 is 4.84. The van der Waals surface area contributed by atoms with Gasteiger partial charge in [-0.3, -0.25) is 0 Å². The first-order chi connectivity index (χ1) is 8.04. The Balaban J connectivity index is 2.53. The van der Waals surface area contributed by atoms with Gasteiger partial charge in [0.15, 0.2) is 0 Å². The second-order valence-electron chi connectivity index (χ2n) is 3.30. The average molecular weight is 272 g/mol. The standard InChI is InChI=1S/C12H14ClNO2S/c1-3-16-12(15)8(2)7-17-9-4-5-11(14)10(13)6-9/h4-6H,2-3,7,14H2,1H3. The van der Waals surface area contributed by atoms with E-state index in [2.05, 4.69) is 6.58 Å². The van der Waals surface area contributed by atoms with E-state index in [9.17, 15) is 4.79 Å². The van der Waals surface area contributed by atoms with Crippen LogP contribution in [0.1, 0.15) is 6.92 Å². The van der Waals surface area contributed by atoms with Gasteiger partial charge >= 0.3 is 5.97 Å². The van der Waals surface area contributed by atoms with E-state index >= 15 is 0 Å². The maximum Gasteiger partial charge on any atom is 0.334 e. The van der Waals surface area contributed by atoms with Crippen LogP contribution in [0.25, 0.3) is 0 Å². The Bertz CT molecular complexity index is 435. The molecule has 0 atom stereocenters. The van der Waals surface area contributed by atoms with E-state index in [1.165, 1.54) is 11.8 Å². The zero-order valence-corrected chi connectivity index (χ0v) is 11.1.